The van der Waals surface area contributed by atoms with Gasteiger partial charge in [0.2, 0.25) is 0 Å². The molecular weight excluding hydrogens is 288 g/mol. The highest BCUT2D eigenvalue weighted by molar-refractivity contribution is 5.85. The summed E-state index contributed by atoms with van der Waals surface area (Å²) in [5.41, 5.74) is 2.44. The molecule has 0 bridgehead atoms. The van der Waals surface area contributed by atoms with Crippen molar-refractivity contribution in [2.45, 2.75) is 44.2 Å². The Hall–Kier alpha value is -1.39. The third-order valence-corrected chi connectivity index (χ3v) is 5.82. The Labute approximate surface area is 138 Å². The first-order valence-corrected chi connectivity index (χ1v) is 8.90. The molecule has 2 fully saturated rings. The van der Waals surface area contributed by atoms with Gasteiger partial charge < -0.3 is 9.64 Å². The molecule has 1 atom stereocenters. The standard InChI is InChI=1S/C19H26N2O2/c1-19(7-4-12-23-19)18(22)21-10-8-20(9-11-21)17-13-15-5-2-3-6-16(15)14-17/h2-3,5-6,17H,4,7-14H2,1H3/t19-/m1/s1. The SMILES string of the molecule is C[C@]1(C(=O)N2CCN(C3Cc4ccccc4C3)CC2)CCCO1. The lowest BCUT2D eigenvalue weighted by Gasteiger charge is -2.40. The number of carbonyl (C=O) groups is 1. The highest BCUT2D eigenvalue weighted by Crippen LogP contribution is 2.29. The van der Waals surface area contributed by atoms with Crippen molar-refractivity contribution < 1.29 is 9.53 Å². The molecule has 2 aliphatic heterocycles. The van der Waals surface area contributed by atoms with Gasteiger partial charge in [0, 0.05) is 38.8 Å². The van der Waals surface area contributed by atoms with E-state index >= 15 is 0 Å². The third kappa shape index (κ3) is 2.79. The lowest BCUT2D eigenvalue weighted by molar-refractivity contribution is -0.153. The van der Waals surface area contributed by atoms with Crippen molar-refractivity contribution in [2.75, 3.05) is 32.8 Å². The molecule has 3 aliphatic rings. The number of benzene rings is 1. The maximum absolute atomic E-state index is 12.7. The van der Waals surface area contributed by atoms with Gasteiger partial charge in [-0.15, -0.1) is 0 Å². The fraction of sp³-hybridized carbons (Fsp3) is 0.632. The second-order valence-corrected chi connectivity index (χ2v) is 7.34. The summed E-state index contributed by atoms with van der Waals surface area (Å²) in [5, 5.41) is 0. The highest BCUT2D eigenvalue weighted by atomic mass is 16.5. The topological polar surface area (TPSA) is 32.8 Å². The molecule has 0 saturated carbocycles. The zero-order valence-corrected chi connectivity index (χ0v) is 14.0. The van der Waals surface area contributed by atoms with Crippen LogP contribution in [-0.4, -0.2) is 60.1 Å². The van der Waals surface area contributed by atoms with Crippen LogP contribution in [0.15, 0.2) is 24.3 Å². The molecule has 1 aliphatic carbocycles. The summed E-state index contributed by atoms with van der Waals surface area (Å²) in [6, 6.07) is 9.41. The Balaban J connectivity index is 1.34. The largest absolute Gasteiger partial charge is 0.365 e. The Morgan fingerprint density at radius 1 is 1.13 bits per heavy atom. The molecule has 23 heavy (non-hydrogen) atoms. The monoisotopic (exact) mass is 314 g/mol. The van der Waals surface area contributed by atoms with Gasteiger partial charge in [0.15, 0.2) is 0 Å². The summed E-state index contributed by atoms with van der Waals surface area (Å²) < 4.78 is 5.72. The Morgan fingerprint density at radius 3 is 2.35 bits per heavy atom. The molecule has 124 valence electrons. The predicted octanol–water partition coefficient (Wildman–Crippen LogP) is 1.87. The van der Waals surface area contributed by atoms with Gasteiger partial charge in [-0.05, 0) is 43.7 Å². The van der Waals surface area contributed by atoms with Gasteiger partial charge in [-0.2, -0.15) is 0 Å². The summed E-state index contributed by atoms with van der Waals surface area (Å²) >= 11 is 0. The molecule has 0 spiro atoms. The van der Waals surface area contributed by atoms with Crippen LogP contribution in [0.25, 0.3) is 0 Å². The first-order chi connectivity index (χ1) is 11.2. The van der Waals surface area contributed by atoms with Gasteiger partial charge >= 0.3 is 0 Å². The van der Waals surface area contributed by atoms with Crippen molar-refractivity contribution in [2.24, 2.45) is 0 Å². The maximum atomic E-state index is 12.7. The van der Waals surface area contributed by atoms with Gasteiger partial charge in [-0.1, -0.05) is 24.3 Å². The maximum Gasteiger partial charge on any atom is 0.254 e. The summed E-state index contributed by atoms with van der Waals surface area (Å²) in [4.78, 5) is 17.3. The fourth-order valence-corrected chi connectivity index (χ4v) is 4.37. The Morgan fingerprint density at radius 2 is 1.78 bits per heavy atom. The van der Waals surface area contributed by atoms with E-state index in [0.717, 1.165) is 58.5 Å². The van der Waals surface area contributed by atoms with E-state index in [9.17, 15) is 4.79 Å². The molecule has 0 radical (unpaired) electrons. The summed E-state index contributed by atoms with van der Waals surface area (Å²) in [6.07, 6.45) is 4.18. The number of fused-ring (bicyclic) bond motifs is 1. The minimum absolute atomic E-state index is 0.198. The van der Waals surface area contributed by atoms with Crippen molar-refractivity contribution in [3.63, 3.8) is 0 Å². The third-order valence-electron chi connectivity index (χ3n) is 5.82. The molecule has 4 heteroatoms. The van der Waals surface area contributed by atoms with E-state index in [1.54, 1.807) is 0 Å². The normalized spacial score (nSPS) is 29.0. The second kappa shape index (κ2) is 5.91. The van der Waals surface area contributed by atoms with Crippen LogP contribution in [0.4, 0.5) is 0 Å². The molecule has 2 heterocycles. The Kier molecular flexibility index (Phi) is 3.90. The van der Waals surface area contributed by atoms with Crippen LogP contribution in [0.5, 0.6) is 0 Å². The molecule has 0 aromatic heterocycles. The van der Waals surface area contributed by atoms with E-state index in [4.69, 9.17) is 4.74 Å². The molecule has 4 nitrogen and oxygen atoms in total. The zero-order valence-electron chi connectivity index (χ0n) is 14.0. The molecular formula is C19H26N2O2. The number of rotatable bonds is 2. The number of hydrogen-bond acceptors (Lipinski definition) is 3. The minimum atomic E-state index is -0.564. The number of carbonyl (C=O) groups excluding carboxylic acids is 1. The Bertz CT molecular complexity index is 562. The average Bonchev–Trinajstić information content (AvgIpc) is 3.21. The van der Waals surface area contributed by atoms with E-state index in [1.807, 2.05) is 11.8 Å². The smallest absolute Gasteiger partial charge is 0.254 e. The van der Waals surface area contributed by atoms with E-state index in [1.165, 1.54) is 11.1 Å². The van der Waals surface area contributed by atoms with Crippen LogP contribution in [0.1, 0.15) is 30.9 Å². The molecule has 1 aromatic carbocycles. The molecule has 2 saturated heterocycles. The fourth-order valence-electron chi connectivity index (χ4n) is 4.37. The van der Waals surface area contributed by atoms with Gasteiger partial charge in [0.1, 0.15) is 5.60 Å². The molecule has 0 N–H and O–H groups in total. The number of hydrogen-bond donors (Lipinski definition) is 0. The number of ether oxygens (including phenoxy) is 1. The zero-order chi connectivity index (χ0) is 15.9. The summed E-state index contributed by atoms with van der Waals surface area (Å²) in [7, 11) is 0. The lowest BCUT2D eigenvalue weighted by Crippen LogP contribution is -2.56. The van der Waals surface area contributed by atoms with Crippen LogP contribution in [0, 0.1) is 0 Å². The van der Waals surface area contributed by atoms with Crippen molar-refractivity contribution in [3.05, 3.63) is 35.4 Å². The van der Waals surface area contributed by atoms with Crippen molar-refractivity contribution in [1.82, 2.24) is 9.80 Å². The number of amides is 1. The second-order valence-electron chi connectivity index (χ2n) is 7.34. The van der Waals surface area contributed by atoms with Crippen molar-refractivity contribution in [3.8, 4) is 0 Å². The van der Waals surface area contributed by atoms with Gasteiger partial charge in [0.25, 0.3) is 5.91 Å². The van der Waals surface area contributed by atoms with Crippen LogP contribution in [0.2, 0.25) is 0 Å². The van der Waals surface area contributed by atoms with Crippen LogP contribution in [0.3, 0.4) is 0 Å². The van der Waals surface area contributed by atoms with E-state index in [0.29, 0.717) is 6.04 Å². The number of nitrogens with zero attached hydrogens (tertiary/aromatic N) is 2. The molecule has 1 amide bonds. The molecule has 4 rings (SSSR count). The summed E-state index contributed by atoms with van der Waals surface area (Å²) in [5.74, 6) is 0.198. The highest BCUT2D eigenvalue weighted by Gasteiger charge is 2.41. The van der Waals surface area contributed by atoms with Crippen LogP contribution < -0.4 is 0 Å². The van der Waals surface area contributed by atoms with Crippen molar-refractivity contribution >= 4 is 5.91 Å². The quantitative estimate of drug-likeness (QED) is 0.835. The van der Waals surface area contributed by atoms with Crippen LogP contribution >= 0.6 is 0 Å². The molecule has 1 aromatic rings. The average molecular weight is 314 g/mol. The van der Waals surface area contributed by atoms with Crippen LogP contribution in [-0.2, 0) is 22.4 Å². The number of piperazine rings is 1. The van der Waals surface area contributed by atoms with E-state index in [-0.39, 0.29) is 5.91 Å². The lowest BCUT2D eigenvalue weighted by atomic mass is 10.0. The first-order valence-electron chi connectivity index (χ1n) is 8.90. The van der Waals surface area contributed by atoms with Gasteiger partial charge in [0.05, 0.1) is 0 Å². The minimum Gasteiger partial charge on any atom is -0.365 e. The van der Waals surface area contributed by atoms with E-state index < -0.39 is 5.60 Å². The van der Waals surface area contributed by atoms with E-state index in [2.05, 4.69) is 29.2 Å². The summed E-state index contributed by atoms with van der Waals surface area (Å²) in [6.45, 7) is 6.33. The predicted molar refractivity (Wildman–Crippen MR) is 89.4 cm³/mol. The van der Waals surface area contributed by atoms with Gasteiger partial charge in [-0.3, -0.25) is 9.69 Å². The first kappa shape index (κ1) is 15.2. The van der Waals surface area contributed by atoms with Gasteiger partial charge in [-0.25, -0.2) is 0 Å². The van der Waals surface area contributed by atoms with Crippen molar-refractivity contribution in [1.29, 1.82) is 0 Å². The molecule has 0 unspecified atom stereocenters.